The van der Waals surface area contributed by atoms with Crippen LogP contribution in [0.15, 0.2) is 24.3 Å². The molecule has 3 N–H and O–H groups in total. The second kappa shape index (κ2) is 6.07. The molecule has 0 aliphatic rings. The molecule has 0 radical (unpaired) electrons. The number of methoxy groups -OCH3 is 1. The Labute approximate surface area is 99.8 Å². The first-order chi connectivity index (χ1) is 7.61. The normalized spacial score (nSPS) is 9.56. The summed E-state index contributed by atoms with van der Waals surface area (Å²) in [5, 5.41) is 2.74. The van der Waals surface area contributed by atoms with Gasteiger partial charge in [-0.25, -0.2) is 0 Å². The van der Waals surface area contributed by atoms with E-state index < -0.39 is 0 Å². The third kappa shape index (κ3) is 4.27. The van der Waals surface area contributed by atoms with Gasteiger partial charge in [-0.2, -0.15) is 0 Å². The fraction of sp³-hybridized carbons (Fsp3) is 0.273. The highest BCUT2D eigenvalue weighted by Gasteiger charge is 2.03. The molecule has 0 saturated carbocycles. The molecule has 5 heteroatoms. The fourth-order valence-corrected chi connectivity index (χ4v) is 1.24. The van der Waals surface area contributed by atoms with Crippen molar-refractivity contribution in [2.75, 3.05) is 12.4 Å². The van der Waals surface area contributed by atoms with Gasteiger partial charge in [-0.15, -0.1) is 0 Å². The average molecular weight is 238 g/mol. The number of hydrogen-bond donors (Lipinski definition) is 2. The van der Waals surface area contributed by atoms with Crippen LogP contribution in [-0.2, 0) is 4.79 Å². The van der Waals surface area contributed by atoms with Crippen LogP contribution in [-0.4, -0.2) is 18.0 Å². The molecule has 0 bridgehead atoms. The molecule has 0 aliphatic heterocycles. The van der Waals surface area contributed by atoms with Gasteiger partial charge in [0.1, 0.15) is 5.75 Å². The van der Waals surface area contributed by atoms with E-state index in [0.29, 0.717) is 17.8 Å². The van der Waals surface area contributed by atoms with Gasteiger partial charge in [0, 0.05) is 18.5 Å². The topological polar surface area (TPSA) is 64.3 Å². The summed E-state index contributed by atoms with van der Waals surface area (Å²) in [6.07, 6.45) is 0.735. The van der Waals surface area contributed by atoms with Gasteiger partial charge in [0.15, 0.2) is 0 Å². The van der Waals surface area contributed by atoms with Gasteiger partial charge in [-0.1, -0.05) is 12.2 Å². The summed E-state index contributed by atoms with van der Waals surface area (Å²) in [4.78, 5) is 11.8. The Morgan fingerprint density at radius 3 is 2.50 bits per heavy atom. The Balaban J connectivity index is 2.46. The Bertz CT molecular complexity index is 376. The molecule has 1 aromatic carbocycles. The van der Waals surface area contributed by atoms with E-state index in [1.807, 2.05) is 0 Å². The van der Waals surface area contributed by atoms with Crippen molar-refractivity contribution in [3.8, 4) is 5.75 Å². The maximum absolute atomic E-state index is 11.4. The smallest absolute Gasteiger partial charge is 0.224 e. The van der Waals surface area contributed by atoms with E-state index in [9.17, 15) is 4.79 Å². The quantitative estimate of drug-likeness (QED) is 0.766. The number of nitrogens with two attached hydrogens (primary N) is 1. The number of nitrogens with one attached hydrogen (secondary N) is 1. The predicted octanol–water partition coefficient (Wildman–Crippen LogP) is 1.70. The van der Waals surface area contributed by atoms with Crippen molar-refractivity contribution in [3.63, 3.8) is 0 Å². The van der Waals surface area contributed by atoms with Crippen LogP contribution in [0.5, 0.6) is 5.75 Å². The summed E-state index contributed by atoms with van der Waals surface area (Å²) in [6, 6.07) is 7.11. The Hall–Kier alpha value is -1.62. The van der Waals surface area contributed by atoms with Gasteiger partial charge in [0.2, 0.25) is 5.91 Å². The van der Waals surface area contributed by atoms with Crippen molar-refractivity contribution in [3.05, 3.63) is 24.3 Å². The number of thiocarbonyl (C=S) groups is 1. The van der Waals surface area contributed by atoms with E-state index in [1.54, 1.807) is 31.4 Å². The van der Waals surface area contributed by atoms with E-state index in [2.05, 4.69) is 5.32 Å². The first-order valence-electron chi connectivity index (χ1n) is 4.84. The molecule has 0 aliphatic carbocycles. The average Bonchev–Trinajstić information content (AvgIpc) is 2.27. The largest absolute Gasteiger partial charge is 0.497 e. The van der Waals surface area contributed by atoms with Crippen molar-refractivity contribution in [1.82, 2.24) is 0 Å². The molecule has 0 atom stereocenters. The highest BCUT2D eigenvalue weighted by Crippen LogP contribution is 2.15. The third-order valence-electron chi connectivity index (χ3n) is 1.97. The molecular weight excluding hydrogens is 224 g/mol. The van der Waals surface area contributed by atoms with Crippen molar-refractivity contribution in [2.45, 2.75) is 12.8 Å². The van der Waals surface area contributed by atoms with Gasteiger partial charge < -0.3 is 15.8 Å². The second-order valence-corrected chi connectivity index (χ2v) is 3.77. The predicted molar refractivity (Wildman–Crippen MR) is 67.6 cm³/mol. The standard InChI is InChI=1S/C11H14N2O2S/c1-15-9-4-2-8(3-5-9)13-11(14)7-6-10(12)16/h2-5H,6-7H2,1H3,(H2,12,16)(H,13,14). The number of carbonyl (C=O) groups is 1. The lowest BCUT2D eigenvalue weighted by Crippen LogP contribution is -2.15. The molecule has 0 saturated heterocycles. The molecule has 4 nitrogen and oxygen atoms in total. The van der Waals surface area contributed by atoms with Gasteiger partial charge >= 0.3 is 0 Å². The van der Waals surface area contributed by atoms with E-state index >= 15 is 0 Å². The van der Waals surface area contributed by atoms with Crippen molar-refractivity contribution < 1.29 is 9.53 Å². The molecule has 1 aromatic rings. The molecule has 86 valence electrons. The minimum Gasteiger partial charge on any atom is -0.497 e. The molecule has 1 amide bonds. The number of carbonyl (C=O) groups excluding carboxylic acids is 1. The monoisotopic (exact) mass is 238 g/mol. The number of amides is 1. The zero-order chi connectivity index (χ0) is 12.0. The van der Waals surface area contributed by atoms with E-state index in [0.717, 1.165) is 11.4 Å². The number of anilines is 1. The highest BCUT2D eigenvalue weighted by molar-refractivity contribution is 7.80. The summed E-state index contributed by atoms with van der Waals surface area (Å²) in [6.45, 7) is 0. The third-order valence-corrected chi connectivity index (χ3v) is 2.18. The van der Waals surface area contributed by atoms with Crippen LogP contribution in [0, 0.1) is 0 Å². The van der Waals surface area contributed by atoms with Crippen molar-refractivity contribution in [2.24, 2.45) is 5.73 Å². The molecule has 0 aromatic heterocycles. The molecule has 0 heterocycles. The zero-order valence-electron chi connectivity index (χ0n) is 9.03. The van der Waals surface area contributed by atoms with E-state index in [4.69, 9.17) is 22.7 Å². The van der Waals surface area contributed by atoms with Gasteiger partial charge in [-0.3, -0.25) is 4.79 Å². The fourth-order valence-electron chi connectivity index (χ4n) is 1.13. The molecule has 0 unspecified atom stereocenters. The lowest BCUT2D eigenvalue weighted by atomic mass is 10.2. The molecule has 0 spiro atoms. The summed E-state index contributed by atoms with van der Waals surface area (Å²) in [5.41, 5.74) is 6.04. The molecule has 0 fully saturated rings. The van der Waals surface area contributed by atoms with Crippen LogP contribution in [0.2, 0.25) is 0 Å². The van der Waals surface area contributed by atoms with Crippen LogP contribution >= 0.6 is 12.2 Å². The SMILES string of the molecule is COc1ccc(NC(=O)CCC(N)=S)cc1. The summed E-state index contributed by atoms with van der Waals surface area (Å²) < 4.78 is 5.01. The van der Waals surface area contributed by atoms with Crippen LogP contribution in [0.4, 0.5) is 5.69 Å². The number of rotatable bonds is 5. The maximum atomic E-state index is 11.4. The molecular formula is C11H14N2O2S. The van der Waals surface area contributed by atoms with Crippen molar-refractivity contribution >= 4 is 28.8 Å². The zero-order valence-corrected chi connectivity index (χ0v) is 9.84. The van der Waals surface area contributed by atoms with E-state index in [-0.39, 0.29) is 5.91 Å². The summed E-state index contributed by atoms with van der Waals surface area (Å²) in [5.74, 6) is 0.652. The van der Waals surface area contributed by atoms with Crippen LogP contribution in [0.1, 0.15) is 12.8 Å². The lowest BCUT2D eigenvalue weighted by Gasteiger charge is -2.05. The van der Waals surface area contributed by atoms with Crippen LogP contribution < -0.4 is 15.8 Å². The molecule has 16 heavy (non-hydrogen) atoms. The van der Waals surface area contributed by atoms with Gasteiger partial charge in [0.05, 0.1) is 12.1 Å². The minimum atomic E-state index is -0.0991. The Morgan fingerprint density at radius 2 is 2.00 bits per heavy atom. The second-order valence-electron chi connectivity index (χ2n) is 3.24. The summed E-state index contributed by atoms with van der Waals surface area (Å²) in [7, 11) is 1.59. The summed E-state index contributed by atoms with van der Waals surface area (Å²) >= 11 is 4.69. The number of ether oxygens (including phenoxy) is 1. The van der Waals surface area contributed by atoms with Crippen LogP contribution in [0.25, 0.3) is 0 Å². The number of hydrogen-bond acceptors (Lipinski definition) is 3. The minimum absolute atomic E-state index is 0.0991. The van der Waals surface area contributed by atoms with Crippen molar-refractivity contribution in [1.29, 1.82) is 0 Å². The number of benzene rings is 1. The first kappa shape index (κ1) is 12.4. The maximum Gasteiger partial charge on any atom is 0.224 e. The Morgan fingerprint density at radius 1 is 1.38 bits per heavy atom. The highest BCUT2D eigenvalue weighted by atomic mass is 32.1. The molecule has 1 rings (SSSR count). The van der Waals surface area contributed by atoms with Crippen LogP contribution in [0.3, 0.4) is 0 Å². The Kier molecular flexibility index (Phi) is 4.72. The van der Waals surface area contributed by atoms with Gasteiger partial charge in [-0.05, 0) is 24.3 Å². The lowest BCUT2D eigenvalue weighted by molar-refractivity contribution is -0.116. The van der Waals surface area contributed by atoms with Gasteiger partial charge in [0.25, 0.3) is 0 Å². The first-order valence-corrected chi connectivity index (χ1v) is 5.25. The van der Waals surface area contributed by atoms with E-state index in [1.165, 1.54) is 0 Å².